The van der Waals surface area contributed by atoms with Crippen molar-refractivity contribution in [3.05, 3.63) is 51.9 Å². The number of alkyl halides is 2. The largest absolute Gasteiger partial charge is 0.586 e. The van der Waals surface area contributed by atoms with E-state index >= 15 is 0 Å². The quantitative estimate of drug-likeness (QED) is 0.604. The van der Waals surface area contributed by atoms with E-state index in [1.54, 1.807) is 13.1 Å². The van der Waals surface area contributed by atoms with E-state index in [0.29, 0.717) is 23.4 Å². The number of rotatable bonds is 4. The third-order valence-electron chi connectivity index (χ3n) is 4.49. The van der Waals surface area contributed by atoms with E-state index in [0.717, 1.165) is 5.56 Å². The predicted octanol–water partition coefficient (Wildman–Crippen LogP) is 4.93. The van der Waals surface area contributed by atoms with Gasteiger partial charge in [0.1, 0.15) is 5.69 Å². The SMILES string of the molecule is CCc1cc(-c2cc3c(cc2Cl)OC(F)(F)O3)ncc1NC(=O)c1c(Cl)cnn1C. The highest BCUT2D eigenvalue weighted by Gasteiger charge is 2.44. The average molecular weight is 455 g/mol. The Hall–Kier alpha value is -2.91. The molecule has 3 aromatic rings. The van der Waals surface area contributed by atoms with E-state index in [4.69, 9.17) is 23.2 Å². The van der Waals surface area contributed by atoms with Gasteiger partial charge in [-0.15, -0.1) is 8.78 Å². The Morgan fingerprint density at radius 3 is 2.50 bits per heavy atom. The van der Waals surface area contributed by atoms with Crippen molar-refractivity contribution in [1.82, 2.24) is 14.8 Å². The Kier molecular flexibility index (Phi) is 5.03. The van der Waals surface area contributed by atoms with Crippen molar-refractivity contribution in [3.8, 4) is 22.8 Å². The van der Waals surface area contributed by atoms with Gasteiger partial charge in [0.2, 0.25) is 0 Å². The fourth-order valence-electron chi connectivity index (χ4n) is 3.06. The zero-order chi connectivity index (χ0) is 21.6. The van der Waals surface area contributed by atoms with Crippen LogP contribution in [-0.2, 0) is 13.5 Å². The van der Waals surface area contributed by atoms with Crippen LogP contribution in [0.4, 0.5) is 14.5 Å². The van der Waals surface area contributed by atoms with Crippen LogP contribution in [0, 0.1) is 0 Å². The van der Waals surface area contributed by atoms with Crippen molar-refractivity contribution in [2.45, 2.75) is 19.6 Å². The van der Waals surface area contributed by atoms with Gasteiger partial charge in [0.25, 0.3) is 5.91 Å². The van der Waals surface area contributed by atoms with Gasteiger partial charge in [0, 0.05) is 18.7 Å². The molecule has 0 fully saturated rings. The van der Waals surface area contributed by atoms with E-state index in [1.807, 2.05) is 6.92 Å². The fraction of sp³-hybridized carbons (Fsp3) is 0.211. The van der Waals surface area contributed by atoms with E-state index in [9.17, 15) is 13.6 Å². The van der Waals surface area contributed by atoms with Crippen LogP contribution in [0.1, 0.15) is 23.0 Å². The van der Waals surface area contributed by atoms with Crippen molar-refractivity contribution < 1.29 is 23.0 Å². The van der Waals surface area contributed by atoms with Gasteiger partial charge in [-0.1, -0.05) is 30.1 Å². The normalized spacial score (nSPS) is 14.1. The second-order valence-corrected chi connectivity index (χ2v) is 7.26. The molecule has 2 aromatic heterocycles. The number of hydrogen-bond donors (Lipinski definition) is 1. The Labute approximate surface area is 179 Å². The third kappa shape index (κ3) is 3.66. The maximum absolute atomic E-state index is 13.3. The number of nitrogens with zero attached hydrogens (tertiary/aromatic N) is 3. The lowest BCUT2D eigenvalue weighted by Gasteiger charge is -2.13. The summed E-state index contributed by atoms with van der Waals surface area (Å²) in [5.41, 5.74) is 2.26. The van der Waals surface area contributed by atoms with Crippen LogP contribution in [0.25, 0.3) is 11.3 Å². The van der Waals surface area contributed by atoms with Gasteiger partial charge in [-0.05, 0) is 24.1 Å². The van der Waals surface area contributed by atoms with Gasteiger partial charge in [-0.25, -0.2) is 0 Å². The Bertz CT molecular complexity index is 1150. The van der Waals surface area contributed by atoms with Crippen molar-refractivity contribution >= 4 is 34.8 Å². The smallest absolute Gasteiger partial charge is 0.395 e. The number of nitrogens with one attached hydrogen (secondary N) is 1. The summed E-state index contributed by atoms with van der Waals surface area (Å²) in [4.78, 5) is 16.9. The molecule has 1 N–H and O–H groups in total. The highest BCUT2D eigenvalue weighted by molar-refractivity contribution is 6.34. The van der Waals surface area contributed by atoms with E-state index in [-0.39, 0.29) is 27.2 Å². The number of pyridine rings is 1. The lowest BCUT2D eigenvalue weighted by molar-refractivity contribution is -0.286. The summed E-state index contributed by atoms with van der Waals surface area (Å²) in [6.45, 7) is 1.90. The van der Waals surface area contributed by atoms with Gasteiger partial charge in [-0.2, -0.15) is 5.10 Å². The number of benzene rings is 1. The molecule has 0 spiro atoms. The summed E-state index contributed by atoms with van der Waals surface area (Å²) in [6.07, 6.45) is -0.340. The first kappa shape index (κ1) is 20.4. The monoisotopic (exact) mass is 454 g/mol. The first-order valence-corrected chi connectivity index (χ1v) is 9.51. The molecule has 7 nitrogen and oxygen atoms in total. The molecule has 0 radical (unpaired) electrons. The Balaban J connectivity index is 1.66. The molecule has 0 aliphatic carbocycles. The molecule has 11 heteroatoms. The van der Waals surface area contributed by atoms with E-state index in [1.165, 1.54) is 29.2 Å². The zero-order valence-electron chi connectivity index (χ0n) is 15.7. The summed E-state index contributed by atoms with van der Waals surface area (Å²) in [7, 11) is 1.61. The number of carbonyl (C=O) groups excluding carboxylic acids is 1. The Morgan fingerprint density at radius 2 is 1.87 bits per heavy atom. The molecular weight excluding hydrogens is 441 g/mol. The first-order chi connectivity index (χ1) is 14.2. The number of hydrogen-bond acceptors (Lipinski definition) is 5. The van der Waals surface area contributed by atoms with E-state index in [2.05, 4.69) is 24.9 Å². The Morgan fingerprint density at radius 1 is 1.17 bits per heavy atom. The molecule has 0 unspecified atom stereocenters. The van der Waals surface area contributed by atoms with Crippen LogP contribution >= 0.6 is 23.2 Å². The third-order valence-corrected chi connectivity index (χ3v) is 5.08. The van der Waals surface area contributed by atoms with Crippen molar-refractivity contribution in [2.24, 2.45) is 7.05 Å². The number of fused-ring (bicyclic) bond motifs is 1. The molecule has 0 atom stereocenters. The van der Waals surface area contributed by atoms with Gasteiger partial charge >= 0.3 is 6.29 Å². The topological polar surface area (TPSA) is 78.3 Å². The summed E-state index contributed by atoms with van der Waals surface area (Å²) < 4.78 is 36.9. The molecule has 1 aromatic carbocycles. The summed E-state index contributed by atoms with van der Waals surface area (Å²) >= 11 is 12.3. The number of carbonyl (C=O) groups is 1. The molecule has 0 saturated carbocycles. The maximum atomic E-state index is 13.3. The van der Waals surface area contributed by atoms with Gasteiger partial charge in [0.15, 0.2) is 11.5 Å². The van der Waals surface area contributed by atoms with Gasteiger partial charge in [-0.3, -0.25) is 14.5 Å². The minimum Gasteiger partial charge on any atom is -0.395 e. The van der Waals surface area contributed by atoms with Crippen molar-refractivity contribution in [3.63, 3.8) is 0 Å². The van der Waals surface area contributed by atoms with Crippen LogP contribution in [-0.4, -0.2) is 27.0 Å². The number of aryl methyl sites for hydroxylation is 2. The summed E-state index contributed by atoms with van der Waals surface area (Å²) in [5, 5.41) is 7.10. The number of amides is 1. The maximum Gasteiger partial charge on any atom is 0.586 e. The lowest BCUT2D eigenvalue weighted by atomic mass is 10.1. The number of ether oxygens (including phenoxy) is 2. The predicted molar refractivity (Wildman–Crippen MR) is 106 cm³/mol. The molecule has 156 valence electrons. The van der Waals surface area contributed by atoms with Crippen LogP contribution in [0.5, 0.6) is 11.5 Å². The highest BCUT2D eigenvalue weighted by atomic mass is 35.5. The molecule has 0 saturated heterocycles. The molecule has 30 heavy (non-hydrogen) atoms. The molecule has 4 rings (SSSR count). The molecule has 1 aliphatic rings. The standard InChI is InChI=1S/C19H14Cl2F2N4O3/c1-3-9-4-13(10-5-15-16(6-11(10)20)30-19(22,23)29-15)24-8-14(9)26-18(28)17-12(21)7-25-27(17)2/h4-8H,3H2,1-2H3,(H,26,28). The minimum atomic E-state index is -3.74. The number of halogens is 4. The minimum absolute atomic E-state index is 0.137. The molecule has 3 heterocycles. The van der Waals surface area contributed by atoms with Crippen LogP contribution in [0.2, 0.25) is 10.0 Å². The van der Waals surface area contributed by atoms with Gasteiger partial charge in [0.05, 0.1) is 33.8 Å². The summed E-state index contributed by atoms with van der Waals surface area (Å²) in [6, 6.07) is 4.30. The molecule has 1 amide bonds. The second kappa shape index (κ2) is 7.41. The highest BCUT2D eigenvalue weighted by Crippen LogP contribution is 2.46. The molecular formula is C19H14Cl2F2N4O3. The second-order valence-electron chi connectivity index (χ2n) is 6.45. The van der Waals surface area contributed by atoms with Crippen molar-refractivity contribution in [2.75, 3.05) is 5.32 Å². The lowest BCUT2D eigenvalue weighted by Crippen LogP contribution is -2.25. The average Bonchev–Trinajstić information content (AvgIpc) is 3.17. The molecule has 0 bridgehead atoms. The van der Waals surface area contributed by atoms with Crippen LogP contribution in [0.15, 0.2) is 30.6 Å². The van der Waals surface area contributed by atoms with Crippen molar-refractivity contribution in [1.29, 1.82) is 0 Å². The number of aromatic nitrogens is 3. The molecule has 1 aliphatic heterocycles. The summed E-state index contributed by atoms with van der Waals surface area (Å²) in [5.74, 6) is -0.725. The van der Waals surface area contributed by atoms with Gasteiger partial charge < -0.3 is 14.8 Å². The van der Waals surface area contributed by atoms with Crippen LogP contribution < -0.4 is 14.8 Å². The van der Waals surface area contributed by atoms with Crippen LogP contribution in [0.3, 0.4) is 0 Å². The zero-order valence-corrected chi connectivity index (χ0v) is 17.2. The first-order valence-electron chi connectivity index (χ1n) is 8.76. The van der Waals surface area contributed by atoms with E-state index < -0.39 is 12.2 Å². The number of anilines is 1. The fourth-order valence-corrected chi connectivity index (χ4v) is 3.57.